The number of morpholine rings is 1. The van der Waals surface area contributed by atoms with Crippen molar-refractivity contribution < 1.29 is 14.8 Å². The molecule has 9 nitrogen and oxygen atoms in total. The van der Waals surface area contributed by atoms with Gasteiger partial charge in [-0.05, 0) is 23.8 Å². The molecule has 3 rings (SSSR count). The topological polar surface area (TPSA) is 122 Å². The summed E-state index contributed by atoms with van der Waals surface area (Å²) in [6, 6.07) is 7.78. The molecule has 0 aliphatic carbocycles. The van der Waals surface area contributed by atoms with Crippen molar-refractivity contribution in [2.24, 2.45) is 0 Å². The van der Waals surface area contributed by atoms with Gasteiger partial charge in [-0.2, -0.15) is 4.98 Å². The molecule has 2 heterocycles. The van der Waals surface area contributed by atoms with Crippen molar-refractivity contribution in [2.75, 3.05) is 31.2 Å². The number of nitro groups is 1. The van der Waals surface area contributed by atoms with Crippen molar-refractivity contribution in [1.82, 2.24) is 9.97 Å². The van der Waals surface area contributed by atoms with Gasteiger partial charge in [-0.15, -0.1) is 0 Å². The maximum absolute atomic E-state index is 11.6. The van der Waals surface area contributed by atoms with Crippen LogP contribution in [0.25, 0.3) is 12.2 Å². The van der Waals surface area contributed by atoms with Crippen LogP contribution in [-0.4, -0.2) is 46.3 Å². The van der Waals surface area contributed by atoms with Crippen LogP contribution < -0.4 is 10.5 Å². The Morgan fingerprint density at radius 1 is 1.24 bits per heavy atom. The molecule has 25 heavy (non-hydrogen) atoms. The summed E-state index contributed by atoms with van der Waals surface area (Å²) >= 11 is 0. The minimum Gasteiger partial charge on any atom is -0.488 e. The van der Waals surface area contributed by atoms with Crippen molar-refractivity contribution in [2.45, 2.75) is 0 Å². The number of anilines is 1. The van der Waals surface area contributed by atoms with Gasteiger partial charge in [0.25, 0.3) is 5.88 Å². The number of aromatic amines is 1. The first-order chi connectivity index (χ1) is 12.0. The lowest BCUT2D eigenvalue weighted by Crippen LogP contribution is -2.36. The van der Waals surface area contributed by atoms with E-state index in [9.17, 15) is 20.0 Å². The standard InChI is InChI=1S/C16H16N4O5/c21-15-14(20(23)24)16(22)18-13(17-15)6-3-11-1-4-12(5-2-11)19-7-9-25-10-8-19/h1-6H,7-10H2,(H2,17,18,21,22). The van der Waals surface area contributed by atoms with E-state index >= 15 is 0 Å². The lowest BCUT2D eigenvalue weighted by Gasteiger charge is -2.28. The molecule has 1 aliphatic heterocycles. The summed E-state index contributed by atoms with van der Waals surface area (Å²) < 4.78 is 5.32. The minimum atomic E-state index is -1.00. The lowest BCUT2D eigenvalue weighted by atomic mass is 10.1. The number of aromatic hydroxyl groups is 1. The second-order valence-corrected chi connectivity index (χ2v) is 5.40. The number of aromatic nitrogens is 2. The van der Waals surface area contributed by atoms with Crippen molar-refractivity contribution in [3.05, 3.63) is 56.1 Å². The van der Waals surface area contributed by atoms with E-state index in [0.29, 0.717) is 13.2 Å². The Labute approximate surface area is 142 Å². The first-order valence-electron chi connectivity index (χ1n) is 7.63. The van der Waals surface area contributed by atoms with Gasteiger partial charge in [-0.1, -0.05) is 18.2 Å². The maximum atomic E-state index is 11.6. The van der Waals surface area contributed by atoms with E-state index in [1.54, 1.807) is 6.08 Å². The van der Waals surface area contributed by atoms with Crippen LogP contribution in [0.2, 0.25) is 0 Å². The smallest absolute Gasteiger partial charge is 0.395 e. The predicted octanol–water partition coefficient (Wildman–Crippen LogP) is 1.39. The Kier molecular flexibility index (Phi) is 4.75. The molecule has 130 valence electrons. The largest absolute Gasteiger partial charge is 0.488 e. The molecule has 1 aliphatic rings. The van der Waals surface area contributed by atoms with Gasteiger partial charge >= 0.3 is 11.2 Å². The summed E-state index contributed by atoms with van der Waals surface area (Å²) in [4.78, 5) is 29.4. The third kappa shape index (κ3) is 3.83. The fourth-order valence-corrected chi connectivity index (χ4v) is 2.51. The molecule has 2 aromatic rings. The molecule has 0 unspecified atom stereocenters. The van der Waals surface area contributed by atoms with Gasteiger partial charge < -0.3 is 19.7 Å². The maximum Gasteiger partial charge on any atom is 0.395 e. The van der Waals surface area contributed by atoms with Crippen LogP contribution in [0.5, 0.6) is 5.88 Å². The average molecular weight is 344 g/mol. The second-order valence-electron chi connectivity index (χ2n) is 5.40. The fraction of sp³-hybridized carbons (Fsp3) is 0.250. The molecule has 2 N–H and O–H groups in total. The predicted molar refractivity (Wildman–Crippen MR) is 91.6 cm³/mol. The summed E-state index contributed by atoms with van der Waals surface area (Å²) in [5.41, 5.74) is -0.00991. The first-order valence-corrected chi connectivity index (χ1v) is 7.63. The zero-order chi connectivity index (χ0) is 17.8. The Balaban J connectivity index is 1.76. The summed E-state index contributed by atoms with van der Waals surface area (Å²) in [5.74, 6) is -0.874. The molecule has 9 heteroatoms. The Morgan fingerprint density at radius 2 is 1.92 bits per heavy atom. The van der Waals surface area contributed by atoms with Gasteiger partial charge in [-0.3, -0.25) is 14.9 Å². The number of nitrogens with zero attached hydrogens (tertiary/aromatic N) is 3. The van der Waals surface area contributed by atoms with E-state index in [2.05, 4.69) is 14.9 Å². The molecular formula is C16H16N4O5. The fourth-order valence-electron chi connectivity index (χ4n) is 2.51. The van der Waals surface area contributed by atoms with Crippen LogP contribution >= 0.6 is 0 Å². The molecule has 0 saturated carbocycles. The summed E-state index contributed by atoms with van der Waals surface area (Å²) in [6.45, 7) is 3.12. The highest BCUT2D eigenvalue weighted by atomic mass is 16.6. The van der Waals surface area contributed by atoms with E-state index in [0.717, 1.165) is 24.3 Å². The molecule has 1 aromatic heterocycles. The van der Waals surface area contributed by atoms with Gasteiger partial charge in [0, 0.05) is 18.8 Å². The van der Waals surface area contributed by atoms with Crippen molar-refractivity contribution in [1.29, 1.82) is 0 Å². The zero-order valence-electron chi connectivity index (χ0n) is 13.2. The summed E-state index contributed by atoms with van der Waals surface area (Å²) in [5, 5.41) is 20.1. The van der Waals surface area contributed by atoms with E-state index < -0.39 is 22.0 Å². The molecule has 0 amide bonds. The van der Waals surface area contributed by atoms with Crippen LogP contribution in [0.1, 0.15) is 11.4 Å². The number of H-pyrrole nitrogens is 1. The van der Waals surface area contributed by atoms with Gasteiger partial charge in [0.1, 0.15) is 5.82 Å². The molecule has 1 fully saturated rings. The highest BCUT2D eigenvalue weighted by Crippen LogP contribution is 2.19. The Morgan fingerprint density at radius 3 is 2.52 bits per heavy atom. The van der Waals surface area contributed by atoms with Crippen LogP contribution in [-0.2, 0) is 4.74 Å². The van der Waals surface area contributed by atoms with Crippen LogP contribution in [0.3, 0.4) is 0 Å². The third-order valence-electron chi connectivity index (χ3n) is 3.78. The normalized spacial score (nSPS) is 14.8. The Hall–Kier alpha value is -3.20. The highest BCUT2D eigenvalue weighted by Gasteiger charge is 2.21. The van der Waals surface area contributed by atoms with Crippen LogP contribution in [0.4, 0.5) is 11.4 Å². The molecule has 0 radical (unpaired) electrons. The van der Waals surface area contributed by atoms with E-state index in [-0.39, 0.29) is 5.82 Å². The van der Waals surface area contributed by atoms with E-state index in [1.165, 1.54) is 6.08 Å². The quantitative estimate of drug-likeness (QED) is 0.635. The molecular weight excluding hydrogens is 328 g/mol. The lowest BCUT2D eigenvalue weighted by molar-refractivity contribution is -0.387. The van der Waals surface area contributed by atoms with Crippen molar-refractivity contribution >= 4 is 23.5 Å². The molecule has 0 bridgehead atoms. The molecule has 0 spiro atoms. The highest BCUT2D eigenvalue weighted by molar-refractivity contribution is 5.68. The van der Waals surface area contributed by atoms with Gasteiger partial charge in [0.2, 0.25) is 0 Å². The average Bonchev–Trinajstić information content (AvgIpc) is 2.60. The first kappa shape index (κ1) is 16.7. The molecule has 0 atom stereocenters. The third-order valence-corrected chi connectivity index (χ3v) is 3.78. The number of benzene rings is 1. The van der Waals surface area contributed by atoms with Crippen molar-refractivity contribution in [3.8, 4) is 5.88 Å². The van der Waals surface area contributed by atoms with Gasteiger partial charge in [0.15, 0.2) is 0 Å². The number of hydrogen-bond acceptors (Lipinski definition) is 7. The van der Waals surface area contributed by atoms with E-state index in [4.69, 9.17) is 4.74 Å². The van der Waals surface area contributed by atoms with Crippen LogP contribution in [0, 0.1) is 10.1 Å². The zero-order valence-corrected chi connectivity index (χ0v) is 13.2. The number of hydrogen-bond donors (Lipinski definition) is 2. The van der Waals surface area contributed by atoms with E-state index in [1.807, 2.05) is 24.3 Å². The molecule has 1 aromatic carbocycles. The van der Waals surface area contributed by atoms with Crippen molar-refractivity contribution in [3.63, 3.8) is 0 Å². The monoisotopic (exact) mass is 344 g/mol. The number of nitrogens with one attached hydrogen (secondary N) is 1. The number of ether oxygens (including phenoxy) is 1. The number of rotatable bonds is 4. The van der Waals surface area contributed by atoms with Crippen LogP contribution in [0.15, 0.2) is 29.1 Å². The minimum absolute atomic E-state index is 0.0327. The molecule has 1 saturated heterocycles. The summed E-state index contributed by atoms with van der Waals surface area (Å²) in [7, 11) is 0. The van der Waals surface area contributed by atoms with Gasteiger partial charge in [-0.25, -0.2) is 0 Å². The summed E-state index contributed by atoms with van der Waals surface area (Å²) in [6.07, 6.45) is 3.15. The Bertz CT molecular complexity index is 854. The SMILES string of the molecule is O=c1[nH]c(C=Cc2ccc(N3CCOCC3)cc2)nc(O)c1[N+](=O)[O-]. The second kappa shape index (κ2) is 7.14. The van der Waals surface area contributed by atoms with Gasteiger partial charge in [0.05, 0.1) is 18.1 Å².